The summed E-state index contributed by atoms with van der Waals surface area (Å²) >= 11 is 8.28. The number of amidine groups is 1. The third kappa shape index (κ3) is 4.14. The number of rotatable bonds is 6. The molecule has 2 aliphatic rings. The van der Waals surface area contributed by atoms with Gasteiger partial charge >= 0.3 is 0 Å². The number of allylic oxidation sites excluding steroid dienone is 2. The van der Waals surface area contributed by atoms with Crippen LogP contribution in [0.5, 0.6) is 5.75 Å². The van der Waals surface area contributed by atoms with Crippen molar-refractivity contribution in [1.29, 1.82) is 0 Å². The summed E-state index contributed by atoms with van der Waals surface area (Å²) in [5.41, 5.74) is 9.95. The first-order valence-corrected chi connectivity index (χ1v) is 12.1. The van der Waals surface area contributed by atoms with Crippen molar-refractivity contribution in [2.45, 2.75) is 31.2 Å². The zero-order chi connectivity index (χ0) is 22.2. The van der Waals surface area contributed by atoms with Gasteiger partial charge < -0.3 is 15.5 Å². The number of hydrogen-bond donors (Lipinski definition) is 2. The third-order valence-corrected chi connectivity index (χ3v) is 6.77. The lowest BCUT2D eigenvalue weighted by molar-refractivity contribution is 0.419. The number of thioether (sulfide) groups is 1. The molecule has 164 valence electrons. The number of benzene rings is 1. The van der Waals surface area contributed by atoms with E-state index < -0.39 is 0 Å². The number of nitrogens with two attached hydrogens (primary N) is 1. The minimum atomic E-state index is -0.154. The fraction of sp³-hybridized carbons (Fsp3) is 0.292. The third-order valence-electron chi connectivity index (χ3n) is 5.76. The Balaban J connectivity index is 1.42. The van der Waals surface area contributed by atoms with Gasteiger partial charge in [0.1, 0.15) is 17.4 Å². The normalized spacial score (nSPS) is 19.1. The second-order valence-electron chi connectivity index (χ2n) is 8.02. The number of ether oxygens (including phenoxy) is 1. The van der Waals surface area contributed by atoms with E-state index >= 15 is 0 Å². The number of aromatic nitrogens is 3. The number of halogens is 1. The van der Waals surface area contributed by atoms with E-state index in [1.807, 2.05) is 36.7 Å². The highest BCUT2D eigenvalue weighted by Crippen LogP contribution is 2.38. The van der Waals surface area contributed by atoms with Crippen LogP contribution in [0, 0.1) is 0 Å². The van der Waals surface area contributed by atoms with Crippen LogP contribution < -0.4 is 10.5 Å². The molecule has 0 saturated heterocycles. The molecule has 0 bridgehead atoms. The van der Waals surface area contributed by atoms with Crippen LogP contribution >= 0.6 is 23.4 Å². The van der Waals surface area contributed by atoms with Crippen LogP contribution in [0.25, 0.3) is 15.8 Å². The SMILES string of the molecule is COc1cccc2cc(/C(=C/C(Cl)=C/C3Cc4nc(C5CC5)ncc4C(N)=N3)SC)[nH]c12. The van der Waals surface area contributed by atoms with Crippen LogP contribution in [0.15, 0.2) is 52.6 Å². The second kappa shape index (κ2) is 8.64. The number of nitrogens with zero attached hydrogens (tertiary/aromatic N) is 3. The number of fused-ring (bicyclic) bond motifs is 2. The number of aromatic amines is 1. The molecule has 0 spiro atoms. The van der Waals surface area contributed by atoms with Crippen LogP contribution in [0.1, 0.15) is 41.5 Å². The van der Waals surface area contributed by atoms with Crippen LogP contribution in [-0.4, -0.2) is 40.2 Å². The van der Waals surface area contributed by atoms with Crippen LogP contribution in [0.4, 0.5) is 0 Å². The molecule has 3 aromatic rings. The highest BCUT2D eigenvalue weighted by molar-refractivity contribution is 8.07. The lowest BCUT2D eigenvalue weighted by Crippen LogP contribution is -2.27. The second-order valence-corrected chi connectivity index (χ2v) is 9.30. The Bertz CT molecular complexity index is 1270. The summed E-state index contributed by atoms with van der Waals surface area (Å²) in [7, 11) is 1.67. The summed E-state index contributed by atoms with van der Waals surface area (Å²) < 4.78 is 5.47. The molecule has 0 amide bonds. The molecule has 1 aliphatic carbocycles. The molecule has 1 atom stereocenters. The standard InChI is InChI=1S/C24H24ClN5OS/c1-31-20-5-3-4-14-8-19(29-22(14)20)21(32-2)10-15(25)9-16-11-18-17(23(26)28-16)12-27-24(30-18)13-6-7-13/h3-5,8-10,12-13,16,29H,6-7,11H2,1-2H3,(H2,26,28)/b15-9-,21-10-. The number of nitrogens with one attached hydrogen (secondary N) is 1. The minimum Gasteiger partial charge on any atom is -0.495 e. The van der Waals surface area contributed by atoms with Crippen molar-refractivity contribution in [3.8, 4) is 5.75 Å². The predicted molar refractivity (Wildman–Crippen MR) is 133 cm³/mol. The smallest absolute Gasteiger partial charge is 0.142 e. The average molecular weight is 466 g/mol. The first-order chi connectivity index (χ1) is 15.6. The summed E-state index contributed by atoms with van der Waals surface area (Å²) in [5, 5.41) is 1.70. The zero-order valence-electron chi connectivity index (χ0n) is 17.9. The van der Waals surface area contributed by atoms with E-state index in [-0.39, 0.29) is 6.04 Å². The van der Waals surface area contributed by atoms with Gasteiger partial charge in [-0.15, -0.1) is 11.8 Å². The molecule has 2 aromatic heterocycles. The van der Waals surface area contributed by atoms with E-state index in [9.17, 15) is 0 Å². The Morgan fingerprint density at radius 3 is 2.94 bits per heavy atom. The number of H-pyrrole nitrogens is 1. The van der Waals surface area contributed by atoms with E-state index in [1.54, 1.807) is 18.9 Å². The predicted octanol–water partition coefficient (Wildman–Crippen LogP) is 5.00. The molecule has 32 heavy (non-hydrogen) atoms. The molecule has 1 aliphatic heterocycles. The van der Waals surface area contributed by atoms with Gasteiger partial charge in [0.05, 0.1) is 35.6 Å². The molecule has 1 saturated carbocycles. The monoisotopic (exact) mass is 465 g/mol. The molecule has 1 aromatic carbocycles. The lowest BCUT2D eigenvalue weighted by Gasteiger charge is -2.19. The van der Waals surface area contributed by atoms with Gasteiger partial charge in [-0.2, -0.15) is 0 Å². The number of hydrogen-bond acceptors (Lipinski definition) is 6. The van der Waals surface area contributed by atoms with Crippen molar-refractivity contribution in [3.05, 3.63) is 70.4 Å². The fourth-order valence-corrected chi connectivity index (χ4v) is 4.86. The van der Waals surface area contributed by atoms with Crippen LogP contribution in [0.3, 0.4) is 0 Å². The van der Waals surface area contributed by atoms with Crippen molar-refractivity contribution in [3.63, 3.8) is 0 Å². The van der Waals surface area contributed by atoms with Gasteiger partial charge in [-0.1, -0.05) is 23.7 Å². The summed E-state index contributed by atoms with van der Waals surface area (Å²) in [6.45, 7) is 0. The first kappa shape index (κ1) is 21.1. The van der Waals surface area contributed by atoms with Gasteiger partial charge in [0, 0.05) is 33.9 Å². The topological polar surface area (TPSA) is 89.2 Å². The van der Waals surface area contributed by atoms with Gasteiger partial charge in [0.15, 0.2) is 0 Å². The van der Waals surface area contributed by atoms with Gasteiger partial charge in [0.25, 0.3) is 0 Å². The molecule has 6 nitrogen and oxygen atoms in total. The van der Waals surface area contributed by atoms with E-state index in [4.69, 9.17) is 27.1 Å². The zero-order valence-corrected chi connectivity index (χ0v) is 19.5. The Morgan fingerprint density at radius 2 is 2.19 bits per heavy atom. The summed E-state index contributed by atoms with van der Waals surface area (Å²) in [6.07, 6.45) is 10.7. The largest absolute Gasteiger partial charge is 0.495 e. The van der Waals surface area contributed by atoms with Crippen molar-refractivity contribution in [1.82, 2.24) is 15.0 Å². The van der Waals surface area contributed by atoms with Gasteiger partial charge in [0.2, 0.25) is 0 Å². The van der Waals surface area contributed by atoms with Crippen LogP contribution in [-0.2, 0) is 6.42 Å². The Morgan fingerprint density at radius 1 is 1.34 bits per heavy atom. The van der Waals surface area contributed by atoms with Gasteiger partial charge in [-0.05, 0) is 43.4 Å². The molecular weight excluding hydrogens is 442 g/mol. The Hall–Kier alpha value is -2.77. The van der Waals surface area contributed by atoms with E-state index in [2.05, 4.69) is 27.1 Å². The number of methoxy groups -OCH3 is 1. The van der Waals surface area contributed by atoms with Crippen LogP contribution in [0.2, 0.25) is 0 Å². The quantitative estimate of drug-likeness (QED) is 0.500. The maximum absolute atomic E-state index is 6.65. The van der Waals surface area contributed by atoms with Crippen molar-refractivity contribution in [2.24, 2.45) is 10.7 Å². The maximum Gasteiger partial charge on any atom is 0.142 e. The fourth-order valence-electron chi connectivity index (χ4n) is 3.96. The molecule has 0 radical (unpaired) electrons. The van der Waals surface area contributed by atoms with Crippen molar-refractivity contribution < 1.29 is 4.74 Å². The highest BCUT2D eigenvalue weighted by atomic mass is 35.5. The van der Waals surface area contributed by atoms with E-state index in [0.717, 1.165) is 44.3 Å². The summed E-state index contributed by atoms with van der Waals surface area (Å²) in [4.78, 5) is 18.3. The summed E-state index contributed by atoms with van der Waals surface area (Å²) in [6, 6.07) is 7.93. The molecule has 3 heterocycles. The molecular formula is C24H24ClN5OS. The Labute approximate surface area is 196 Å². The van der Waals surface area contributed by atoms with Gasteiger partial charge in [-0.25, -0.2) is 9.97 Å². The average Bonchev–Trinajstić information content (AvgIpc) is 3.55. The molecule has 3 N–H and O–H groups in total. The minimum absolute atomic E-state index is 0.154. The maximum atomic E-state index is 6.65. The molecule has 8 heteroatoms. The van der Waals surface area contributed by atoms with Crippen molar-refractivity contribution in [2.75, 3.05) is 13.4 Å². The van der Waals surface area contributed by atoms with Crippen molar-refractivity contribution >= 4 is 45.0 Å². The number of para-hydroxylation sites is 1. The lowest BCUT2D eigenvalue weighted by atomic mass is 10.0. The number of aliphatic imine (C=N–C) groups is 1. The molecule has 5 rings (SSSR count). The Kier molecular flexibility index (Phi) is 5.69. The summed E-state index contributed by atoms with van der Waals surface area (Å²) in [5.74, 6) is 2.70. The first-order valence-electron chi connectivity index (χ1n) is 10.5. The van der Waals surface area contributed by atoms with E-state index in [1.165, 1.54) is 12.8 Å². The molecule has 1 fully saturated rings. The molecule has 1 unspecified atom stereocenters. The highest BCUT2D eigenvalue weighted by Gasteiger charge is 2.29. The van der Waals surface area contributed by atoms with Gasteiger partial charge in [-0.3, -0.25) is 4.99 Å². The van der Waals surface area contributed by atoms with E-state index in [0.29, 0.717) is 23.2 Å².